The molecule has 0 aromatic heterocycles. The molecule has 45 heavy (non-hydrogen) atoms. The Balaban J connectivity index is 1.34. The number of hydrogen-bond donors (Lipinski definition) is 1. The first-order valence-corrected chi connectivity index (χ1v) is 17.1. The van der Waals surface area contributed by atoms with Gasteiger partial charge in [-0.1, -0.05) is 61.0 Å². The van der Waals surface area contributed by atoms with Crippen LogP contribution >= 0.6 is 11.6 Å². The second-order valence-electron chi connectivity index (χ2n) is 11.5. The average Bonchev–Trinajstić information content (AvgIpc) is 3.05. The SMILES string of the molecule is CCCN(C(=O)OCc1ccc(C(=O)O)cc1)C1CCN(CC[C@H](CN(C)S(=O)(=O)c2ccccc2)c2cccc(Cl)c2)CC1. The minimum atomic E-state index is -3.64. The molecular formula is C34H42ClN3O6S. The Hall–Kier alpha value is -3.44. The van der Waals surface area contributed by atoms with Crippen molar-refractivity contribution in [2.75, 3.05) is 39.8 Å². The third-order valence-corrected chi connectivity index (χ3v) is 10.4. The lowest BCUT2D eigenvalue weighted by Crippen LogP contribution is -2.48. The summed E-state index contributed by atoms with van der Waals surface area (Å²) < 4.78 is 33.6. The van der Waals surface area contributed by atoms with Gasteiger partial charge in [-0.25, -0.2) is 22.3 Å². The molecule has 0 bridgehead atoms. The van der Waals surface area contributed by atoms with Gasteiger partial charge in [-0.05, 0) is 85.7 Å². The van der Waals surface area contributed by atoms with E-state index in [2.05, 4.69) is 4.90 Å². The summed E-state index contributed by atoms with van der Waals surface area (Å²) in [5.74, 6) is -1.05. The lowest BCUT2D eigenvalue weighted by atomic mass is 9.94. The minimum absolute atomic E-state index is 0.0546. The highest BCUT2D eigenvalue weighted by Gasteiger charge is 2.30. The van der Waals surface area contributed by atoms with Crippen LogP contribution in [0.2, 0.25) is 5.02 Å². The summed E-state index contributed by atoms with van der Waals surface area (Å²) in [5.41, 5.74) is 1.92. The molecule has 9 nitrogen and oxygen atoms in total. The molecule has 3 aromatic rings. The van der Waals surface area contributed by atoms with E-state index in [0.717, 1.165) is 56.4 Å². The largest absolute Gasteiger partial charge is 0.478 e. The summed E-state index contributed by atoms with van der Waals surface area (Å²) in [5, 5.41) is 9.71. The van der Waals surface area contributed by atoms with Crippen LogP contribution in [0.25, 0.3) is 0 Å². The maximum absolute atomic E-state index is 13.3. The average molecular weight is 656 g/mol. The third-order valence-electron chi connectivity index (χ3n) is 8.30. The number of likely N-dealkylation sites (N-methyl/N-ethyl adjacent to an activating group) is 1. The number of hydrogen-bond acceptors (Lipinski definition) is 6. The van der Waals surface area contributed by atoms with Gasteiger partial charge >= 0.3 is 12.1 Å². The molecule has 1 heterocycles. The number of likely N-dealkylation sites (tertiary alicyclic amines) is 1. The zero-order valence-electron chi connectivity index (χ0n) is 25.8. The fourth-order valence-corrected chi connectivity index (χ4v) is 7.17. The molecule has 1 atom stereocenters. The van der Waals surface area contributed by atoms with Crippen LogP contribution in [0.15, 0.2) is 83.8 Å². The van der Waals surface area contributed by atoms with Crippen molar-refractivity contribution in [2.24, 2.45) is 0 Å². The van der Waals surface area contributed by atoms with Gasteiger partial charge in [0.25, 0.3) is 0 Å². The predicted octanol–water partition coefficient (Wildman–Crippen LogP) is 6.35. The van der Waals surface area contributed by atoms with Crippen molar-refractivity contribution in [3.8, 4) is 0 Å². The Morgan fingerprint density at radius 1 is 1.02 bits per heavy atom. The van der Waals surface area contributed by atoms with Crippen molar-refractivity contribution in [2.45, 2.75) is 56.1 Å². The number of ether oxygens (including phenoxy) is 1. The quantitative estimate of drug-likeness (QED) is 0.216. The Kier molecular flexibility index (Phi) is 12.4. The molecule has 0 aliphatic carbocycles. The number of carboxylic acids is 1. The van der Waals surface area contributed by atoms with Crippen molar-refractivity contribution in [3.05, 3.63) is 101 Å². The molecule has 1 amide bonds. The zero-order chi connectivity index (χ0) is 32.4. The maximum atomic E-state index is 13.3. The summed E-state index contributed by atoms with van der Waals surface area (Å²) in [6, 6.07) is 22.5. The van der Waals surface area contributed by atoms with Crippen molar-refractivity contribution in [3.63, 3.8) is 0 Å². The molecule has 0 spiro atoms. The van der Waals surface area contributed by atoms with Gasteiger partial charge < -0.3 is 19.6 Å². The standard InChI is InChI=1S/C34H42ClN3O6S/c1-3-19-38(34(41)44-25-26-12-14-27(15-13-26)33(39)40)31-17-21-37(22-18-31)20-16-29(28-8-7-9-30(35)23-28)24-36(2)45(42,43)32-10-5-4-6-11-32/h4-15,23,29,31H,3,16-22,24-25H2,1-2H3,(H,39,40)/t29-/m1/s1. The van der Waals surface area contributed by atoms with Gasteiger partial charge in [0.15, 0.2) is 0 Å². The molecule has 11 heteroatoms. The fraction of sp³-hybridized carbons (Fsp3) is 0.412. The normalized spacial score (nSPS) is 15.1. The van der Waals surface area contributed by atoms with E-state index in [4.69, 9.17) is 21.4 Å². The van der Waals surface area contributed by atoms with Crippen molar-refractivity contribution < 1.29 is 27.9 Å². The van der Waals surface area contributed by atoms with Crippen molar-refractivity contribution >= 4 is 33.7 Å². The van der Waals surface area contributed by atoms with E-state index in [1.807, 2.05) is 36.1 Å². The van der Waals surface area contributed by atoms with Crippen LogP contribution in [-0.2, 0) is 21.4 Å². The lowest BCUT2D eigenvalue weighted by Gasteiger charge is -2.38. The predicted molar refractivity (Wildman–Crippen MR) is 175 cm³/mol. The summed E-state index contributed by atoms with van der Waals surface area (Å²) in [7, 11) is -2.02. The lowest BCUT2D eigenvalue weighted by molar-refractivity contribution is 0.0600. The van der Waals surface area contributed by atoms with Crippen LogP contribution in [0, 0.1) is 0 Å². The summed E-state index contributed by atoms with van der Waals surface area (Å²) in [6.45, 7) is 5.45. The van der Waals surface area contributed by atoms with Gasteiger partial charge in [0.05, 0.1) is 10.5 Å². The number of carboxylic acid groups (broad SMARTS) is 1. The molecule has 0 unspecified atom stereocenters. The van der Waals surface area contributed by atoms with Gasteiger partial charge in [0.2, 0.25) is 10.0 Å². The maximum Gasteiger partial charge on any atom is 0.410 e. The first-order valence-electron chi connectivity index (χ1n) is 15.3. The summed E-state index contributed by atoms with van der Waals surface area (Å²) in [4.78, 5) is 28.6. The monoisotopic (exact) mass is 655 g/mol. The molecule has 1 N–H and O–H groups in total. The number of carbonyl (C=O) groups is 2. The summed E-state index contributed by atoms with van der Waals surface area (Å²) in [6.07, 6.45) is 2.82. The van der Waals surface area contributed by atoms with Gasteiger partial charge in [-0.3, -0.25) is 0 Å². The highest BCUT2D eigenvalue weighted by atomic mass is 35.5. The van der Waals surface area contributed by atoms with Crippen LogP contribution in [0.5, 0.6) is 0 Å². The van der Waals surface area contributed by atoms with Gasteiger partial charge in [-0.2, -0.15) is 0 Å². The molecule has 242 valence electrons. The number of rotatable bonds is 14. The van der Waals surface area contributed by atoms with E-state index in [9.17, 15) is 18.0 Å². The second kappa shape index (κ2) is 16.2. The number of benzene rings is 3. The number of halogens is 1. The highest BCUT2D eigenvalue weighted by Crippen LogP contribution is 2.27. The van der Waals surface area contributed by atoms with Gasteiger partial charge in [0.1, 0.15) is 6.61 Å². The van der Waals surface area contributed by atoms with Crippen LogP contribution in [0.3, 0.4) is 0 Å². The van der Waals surface area contributed by atoms with Crippen molar-refractivity contribution in [1.29, 1.82) is 0 Å². The molecule has 0 radical (unpaired) electrons. The first kappa shape index (κ1) is 34.4. The Morgan fingerprint density at radius 3 is 2.33 bits per heavy atom. The van der Waals surface area contributed by atoms with Gasteiger partial charge in [0, 0.05) is 44.3 Å². The van der Waals surface area contributed by atoms with E-state index >= 15 is 0 Å². The Morgan fingerprint density at radius 2 is 1.71 bits per heavy atom. The minimum Gasteiger partial charge on any atom is -0.478 e. The number of piperidine rings is 1. The second-order valence-corrected chi connectivity index (χ2v) is 13.9. The van der Waals surface area contributed by atoms with Crippen molar-refractivity contribution in [1.82, 2.24) is 14.1 Å². The number of carbonyl (C=O) groups excluding carboxylic acids is 1. The molecule has 1 fully saturated rings. The van der Waals surface area contributed by atoms with Crippen LogP contribution in [0.4, 0.5) is 4.79 Å². The smallest absolute Gasteiger partial charge is 0.410 e. The molecular weight excluding hydrogens is 614 g/mol. The van der Waals surface area contributed by atoms with E-state index in [0.29, 0.717) is 18.1 Å². The van der Waals surface area contributed by atoms with E-state index in [-0.39, 0.29) is 35.1 Å². The van der Waals surface area contributed by atoms with E-state index in [1.54, 1.807) is 49.5 Å². The fourth-order valence-electron chi connectivity index (χ4n) is 5.73. The molecule has 4 rings (SSSR count). The van der Waals surface area contributed by atoms with Gasteiger partial charge in [-0.15, -0.1) is 0 Å². The molecule has 0 saturated carbocycles. The molecule has 3 aromatic carbocycles. The number of amides is 1. The topological polar surface area (TPSA) is 107 Å². The first-order chi connectivity index (χ1) is 21.6. The number of nitrogens with zero attached hydrogens (tertiary/aromatic N) is 3. The number of sulfonamides is 1. The third kappa shape index (κ3) is 9.53. The molecule has 1 saturated heterocycles. The summed E-state index contributed by atoms with van der Waals surface area (Å²) >= 11 is 6.33. The zero-order valence-corrected chi connectivity index (χ0v) is 27.4. The Bertz CT molecular complexity index is 1510. The van der Waals surface area contributed by atoms with E-state index in [1.165, 1.54) is 16.4 Å². The van der Waals surface area contributed by atoms with Crippen LogP contribution in [0.1, 0.15) is 60.0 Å². The van der Waals surface area contributed by atoms with Crippen LogP contribution < -0.4 is 0 Å². The highest BCUT2D eigenvalue weighted by molar-refractivity contribution is 7.89. The number of aromatic carboxylic acids is 1. The van der Waals surface area contributed by atoms with E-state index < -0.39 is 16.0 Å². The Labute approximate surface area is 271 Å². The van der Waals surface area contributed by atoms with Crippen LogP contribution in [-0.4, -0.2) is 85.5 Å². The molecule has 1 aliphatic rings. The molecule has 1 aliphatic heterocycles.